The summed E-state index contributed by atoms with van der Waals surface area (Å²) in [6, 6.07) is 3.96. The number of nitrogens with zero attached hydrogens (tertiary/aromatic N) is 3. The molecule has 0 atom stereocenters. The van der Waals surface area contributed by atoms with Crippen LogP contribution in [0.1, 0.15) is 19.5 Å². The number of halogens is 1. The molecule has 1 aromatic rings. The van der Waals surface area contributed by atoms with Gasteiger partial charge in [0.2, 0.25) is 0 Å². The molecule has 0 fully saturated rings. The summed E-state index contributed by atoms with van der Waals surface area (Å²) < 4.78 is 0. The Kier molecular flexibility index (Phi) is 7.27. The van der Waals surface area contributed by atoms with Gasteiger partial charge in [0.05, 0.1) is 10.7 Å². The van der Waals surface area contributed by atoms with E-state index in [4.69, 9.17) is 16.6 Å². The van der Waals surface area contributed by atoms with Crippen LogP contribution in [0.3, 0.4) is 0 Å². The lowest BCUT2D eigenvalue weighted by Crippen LogP contribution is -2.35. The summed E-state index contributed by atoms with van der Waals surface area (Å²) in [6.45, 7) is 8.13. The number of rotatable bonds is 8. The van der Waals surface area contributed by atoms with Gasteiger partial charge < -0.3 is 15.1 Å². The van der Waals surface area contributed by atoms with Crippen molar-refractivity contribution >= 4 is 17.4 Å². The van der Waals surface area contributed by atoms with Gasteiger partial charge in [-0.1, -0.05) is 25.4 Å². The van der Waals surface area contributed by atoms with Crippen LogP contribution in [0.25, 0.3) is 0 Å². The normalized spacial score (nSPS) is 11.4. The molecule has 20 heavy (non-hydrogen) atoms. The monoisotopic (exact) mass is 298 g/mol. The molecule has 114 valence electrons. The second-order valence-electron chi connectivity index (χ2n) is 5.77. The first-order valence-electron chi connectivity index (χ1n) is 7.13. The Morgan fingerprint density at radius 2 is 1.95 bits per heavy atom. The van der Waals surface area contributed by atoms with Crippen molar-refractivity contribution in [3.05, 3.63) is 22.8 Å². The molecule has 0 spiro atoms. The predicted octanol–water partition coefficient (Wildman–Crippen LogP) is 2.48. The average molecular weight is 299 g/mol. The lowest BCUT2D eigenvalue weighted by atomic mass is 10.2. The molecular weight excluding hydrogens is 272 g/mol. The van der Waals surface area contributed by atoms with Crippen molar-refractivity contribution in [1.82, 2.24) is 15.2 Å². The molecule has 0 radical (unpaired) electrons. The third-order valence-corrected chi connectivity index (χ3v) is 3.32. The highest BCUT2D eigenvalue weighted by Gasteiger charge is 2.12. The molecule has 1 heterocycles. The zero-order valence-corrected chi connectivity index (χ0v) is 14.0. The van der Waals surface area contributed by atoms with Crippen molar-refractivity contribution in [3.8, 4) is 0 Å². The summed E-state index contributed by atoms with van der Waals surface area (Å²) >= 11 is 6.18. The van der Waals surface area contributed by atoms with Crippen molar-refractivity contribution < 1.29 is 0 Å². The topological polar surface area (TPSA) is 31.4 Å². The Labute approximate surface area is 128 Å². The molecule has 0 aliphatic heterocycles. The number of hydrogen-bond donors (Lipinski definition) is 1. The van der Waals surface area contributed by atoms with Gasteiger partial charge in [-0.05, 0) is 39.2 Å². The molecule has 0 saturated heterocycles. The largest absolute Gasteiger partial charge is 0.355 e. The molecule has 1 N–H and O–H groups in total. The molecule has 0 bridgehead atoms. The van der Waals surface area contributed by atoms with Crippen LogP contribution >= 0.6 is 11.6 Å². The fourth-order valence-electron chi connectivity index (χ4n) is 2.00. The Bertz CT molecular complexity index is 407. The van der Waals surface area contributed by atoms with Crippen LogP contribution in [0.5, 0.6) is 0 Å². The van der Waals surface area contributed by atoms with Crippen LogP contribution in [0.15, 0.2) is 12.1 Å². The summed E-state index contributed by atoms with van der Waals surface area (Å²) in [5.41, 5.74) is 0.908. The van der Waals surface area contributed by atoms with Crippen molar-refractivity contribution in [2.75, 3.05) is 45.7 Å². The molecule has 0 aromatic carbocycles. The second-order valence-corrected chi connectivity index (χ2v) is 6.18. The maximum atomic E-state index is 6.18. The van der Waals surface area contributed by atoms with E-state index in [1.54, 1.807) is 0 Å². The van der Waals surface area contributed by atoms with Gasteiger partial charge in [0.15, 0.2) is 0 Å². The van der Waals surface area contributed by atoms with Crippen molar-refractivity contribution in [3.63, 3.8) is 0 Å². The standard InChI is InChI=1S/C15H27ClN4/c1-12(2)11-20(9-8-19(4)5)15-7-6-13(16)14(18-15)10-17-3/h6-7,12,17H,8-11H2,1-5H3. The van der Waals surface area contributed by atoms with Gasteiger partial charge in [-0.2, -0.15) is 0 Å². The first-order valence-corrected chi connectivity index (χ1v) is 7.51. The fourth-order valence-corrected chi connectivity index (χ4v) is 2.17. The summed E-state index contributed by atoms with van der Waals surface area (Å²) in [7, 11) is 6.09. The van der Waals surface area contributed by atoms with E-state index in [2.05, 4.69) is 43.1 Å². The van der Waals surface area contributed by atoms with Gasteiger partial charge in [0.25, 0.3) is 0 Å². The van der Waals surface area contributed by atoms with Gasteiger partial charge in [0, 0.05) is 26.2 Å². The lowest BCUT2D eigenvalue weighted by molar-refractivity contribution is 0.408. The van der Waals surface area contributed by atoms with Gasteiger partial charge in [0.1, 0.15) is 5.82 Å². The van der Waals surface area contributed by atoms with E-state index in [9.17, 15) is 0 Å². The zero-order chi connectivity index (χ0) is 15.1. The molecule has 5 heteroatoms. The smallest absolute Gasteiger partial charge is 0.129 e. The van der Waals surface area contributed by atoms with Crippen LogP contribution in [0, 0.1) is 5.92 Å². The quantitative estimate of drug-likeness (QED) is 0.799. The number of likely N-dealkylation sites (N-methyl/N-ethyl adjacent to an activating group) is 1. The van der Waals surface area contributed by atoms with E-state index in [0.717, 1.165) is 36.2 Å². The minimum Gasteiger partial charge on any atom is -0.355 e. The third-order valence-electron chi connectivity index (χ3n) is 2.97. The summed E-state index contributed by atoms with van der Waals surface area (Å²) in [5.74, 6) is 1.61. The molecular formula is C15H27ClN4. The molecule has 1 rings (SSSR count). The molecule has 1 aromatic heterocycles. The van der Waals surface area contributed by atoms with Gasteiger partial charge in [-0.3, -0.25) is 0 Å². The van der Waals surface area contributed by atoms with E-state index in [1.807, 2.05) is 19.2 Å². The molecule has 0 saturated carbocycles. The van der Waals surface area contributed by atoms with Gasteiger partial charge in [-0.15, -0.1) is 0 Å². The number of anilines is 1. The number of hydrogen-bond acceptors (Lipinski definition) is 4. The van der Waals surface area contributed by atoms with Crippen LogP contribution in [-0.4, -0.2) is 50.7 Å². The Morgan fingerprint density at radius 1 is 1.25 bits per heavy atom. The minimum atomic E-state index is 0.599. The van der Waals surface area contributed by atoms with Gasteiger partial charge >= 0.3 is 0 Å². The Morgan fingerprint density at radius 3 is 2.50 bits per heavy atom. The second kappa shape index (κ2) is 8.45. The average Bonchev–Trinajstić information content (AvgIpc) is 2.37. The highest BCUT2D eigenvalue weighted by atomic mass is 35.5. The number of pyridine rings is 1. The maximum absolute atomic E-state index is 6.18. The highest BCUT2D eigenvalue weighted by molar-refractivity contribution is 6.31. The predicted molar refractivity (Wildman–Crippen MR) is 87.6 cm³/mol. The SMILES string of the molecule is CNCc1nc(N(CCN(C)C)CC(C)C)ccc1Cl. The van der Waals surface area contributed by atoms with Crippen LogP contribution in [-0.2, 0) is 6.54 Å². The lowest BCUT2D eigenvalue weighted by Gasteiger charge is -2.27. The Hall–Kier alpha value is -0.840. The first kappa shape index (κ1) is 17.2. The van der Waals surface area contributed by atoms with Crippen molar-refractivity contribution in [1.29, 1.82) is 0 Å². The third kappa shape index (κ3) is 5.65. The van der Waals surface area contributed by atoms with Crippen molar-refractivity contribution in [2.24, 2.45) is 5.92 Å². The van der Waals surface area contributed by atoms with Crippen LogP contribution in [0.2, 0.25) is 5.02 Å². The molecule has 0 aliphatic rings. The van der Waals surface area contributed by atoms with E-state index in [1.165, 1.54) is 0 Å². The number of nitrogens with one attached hydrogen (secondary N) is 1. The zero-order valence-electron chi connectivity index (χ0n) is 13.3. The van der Waals surface area contributed by atoms with Gasteiger partial charge in [-0.25, -0.2) is 4.98 Å². The molecule has 0 amide bonds. The minimum absolute atomic E-state index is 0.599. The molecule has 0 aliphatic carbocycles. The van der Waals surface area contributed by atoms with E-state index in [0.29, 0.717) is 12.5 Å². The van der Waals surface area contributed by atoms with E-state index >= 15 is 0 Å². The molecule has 4 nitrogen and oxygen atoms in total. The van der Waals surface area contributed by atoms with Crippen LogP contribution in [0.4, 0.5) is 5.82 Å². The fraction of sp³-hybridized carbons (Fsp3) is 0.667. The van der Waals surface area contributed by atoms with Crippen molar-refractivity contribution in [2.45, 2.75) is 20.4 Å². The van der Waals surface area contributed by atoms with E-state index < -0.39 is 0 Å². The summed E-state index contributed by atoms with van der Waals surface area (Å²) in [5, 5.41) is 3.83. The van der Waals surface area contributed by atoms with Crippen LogP contribution < -0.4 is 10.2 Å². The Balaban J connectivity index is 2.90. The summed E-state index contributed by atoms with van der Waals surface area (Å²) in [6.07, 6.45) is 0. The summed E-state index contributed by atoms with van der Waals surface area (Å²) in [4.78, 5) is 9.23. The highest BCUT2D eigenvalue weighted by Crippen LogP contribution is 2.20. The number of aromatic nitrogens is 1. The van der Waals surface area contributed by atoms with E-state index in [-0.39, 0.29) is 0 Å². The first-order chi connectivity index (χ1) is 9.43. The maximum Gasteiger partial charge on any atom is 0.129 e. The molecule has 0 unspecified atom stereocenters.